The van der Waals surface area contributed by atoms with Gasteiger partial charge in [-0.05, 0) is 12.1 Å². The molecule has 1 aromatic carbocycles. The van der Waals surface area contributed by atoms with Crippen LogP contribution in [0.3, 0.4) is 0 Å². The Labute approximate surface area is 81.1 Å². The first-order valence-corrected chi connectivity index (χ1v) is 4.45. The Morgan fingerprint density at radius 1 is 1.57 bits per heavy atom. The SMILES string of the molecule is OC1COc2cc(OCCF)ccc21. The minimum absolute atomic E-state index is 0.0430. The van der Waals surface area contributed by atoms with E-state index in [-0.39, 0.29) is 13.2 Å². The van der Waals surface area contributed by atoms with E-state index >= 15 is 0 Å². The van der Waals surface area contributed by atoms with Crippen molar-refractivity contribution in [3.05, 3.63) is 23.8 Å². The molecule has 0 fully saturated rings. The van der Waals surface area contributed by atoms with Gasteiger partial charge in [-0.15, -0.1) is 0 Å². The lowest BCUT2D eigenvalue weighted by molar-refractivity contribution is 0.140. The molecule has 0 saturated heterocycles. The molecule has 0 bridgehead atoms. The zero-order chi connectivity index (χ0) is 9.97. The first kappa shape index (κ1) is 9.27. The van der Waals surface area contributed by atoms with E-state index in [4.69, 9.17) is 9.47 Å². The number of halogens is 1. The summed E-state index contributed by atoms with van der Waals surface area (Å²) < 4.78 is 22.1. The zero-order valence-electron chi connectivity index (χ0n) is 7.57. The van der Waals surface area contributed by atoms with Gasteiger partial charge in [-0.25, -0.2) is 4.39 Å². The third kappa shape index (κ3) is 1.65. The molecule has 76 valence electrons. The molecule has 3 nitrogen and oxygen atoms in total. The van der Waals surface area contributed by atoms with E-state index in [1.165, 1.54) is 0 Å². The average Bonchev–Trinajstić information content (AvgIpc) is 2.57. The van der Waals surface area contributed by atoms with E-state index in [1.807, 2.05) is 0 Å². The van der Waals surface area contributed by atoms with Gasteiger partial charge in [-0.2, -0.15) is 0 Å². The van der Waals surface area contributed by atoms with Crippen LogP contribution in [-0.2, 0) is 0 Å². The molecule has 1 aliphatic rings. The maximum absolute atomic E-state index is 11.8. The van der Waals surface area contributed by atoms with E-state index in [1.54, 1.807) is 18.2 Å². The second-order valence-electron chi connectivity index (χ2n) is 3.06. The van der Waals surface area contributed by atoms with Crippen molar-refractivity contribution < 1.29 is 19.0 Å². The van der Waals surface area contributed by atoms with Crippen molar-refractivity contribution in [3.63, 3.8) is 0 Å². The summed E-state index contributed by atoms with van der Waals surface area (Å²) in [6.07, 6.45) is -0.555. The molecule has 0 aliphatic carbocycles. The van der Waals surface area contributed by atoms with Crippen molar-refractivity contribution in [1.29, 1.82) is 0 Å². The van der Waals surface area contributed by atoms with Gasteiger partial charge in [0.2, 0.25) is 0 Å². The van der Waals surface area contributed by atoms with Gasteiger partial charge in [0.15, 0.2) is 0 Å². The molecule has 0 saturated carbocycles. The smallest absolute Gasteiger partial charge is 0.129 e. The number of hydrogen-bond acceptors (Lipinski definition) is 3. The summed E-state index contributed by atoms with van der Waals surface area (Å²) in [5.41, 5.74) is 0.762. The van der Waals surface area contributed by atoms with Gasteiger partial charge in [0.25, 0.3) is 0 Å². The molecule has 1 atom stereocenters. The van der Waals surface area contributed by atoms with Gasteiger partial charge in [0, 0.05) is 11.6 Å². The fraction of sp³-hybridized carbons (Fsp3) is 0.400. The van der Waals surface area contributed by atoms with E-state index < -0.39 is 12.8 Å². The van der Waals surface area contributed by atoms with Gasteiger partial charge in [-0.1, -0.05) is 0 Å². The minimum Gasteiger partial charge on any atom is -0.491 e. The monoisotopic (exact) mass is 198 g/mol. The second kappa shape index (κ2) is 3.84. The van der Waals surface area contributed by atoms with Gasteiger partial charge in [0.05, 0.1) is 0 Å². The quantitative estimate of drug-likeness (QED) is 0.799. The summed E-state index contributed by atoms with van der Waals surface area (Å²) in [5, 5.41) is 9.42. The van der Waals surface area contributed by atoms with Crippen LogP contribution < -0.4 is 9.47 Å². The third-order valence-corrected chi connectivity index (χ3v) is 2.09. The number of fused-ring (bicyclic) bond motifs is 1. The number of rotatable bonds is 3. The molecule has 1 aliphatic heterocycles. The average molecular weight is 198 g/mol. The van der Waals surface area contributed by atoms with Gasteiger partial charge in [-0.3, -0.25) is 0 Å². The van der Waals surface area contributed by atoms with Crippen LogP contribution in [0.15, 0.2) is 18.2 Å². The normalized spacial score (nSPS) is 18.9. The molecular weight excluding hydrogens is 187 g/mol. The van der Waals surface area contributed by atoms with Crippen molar-refractivity contribution in [1.82, 2.24) is 0 Å². The number of benzene rings is 1. The molecule has 1 heterocycles. The van der Waals surface area contributed by atoms with Crippen LogP contribution >= 0.6 is 0 Å². The Morgan fingerprint density at radius 3 is 3.21 bits per heavy atom. The lowest BCUT2D eigenvalue weighted by atomic mass is 10.1. The van der Waals surface area contributed by atoms with Crippen molar-refractivity contribution >= 4 is 0 Å². The largest absolute Gasteiger partial charge is 0.491 e. The number of alkyl halides is 1. The van der Waals surface area contributed by atoms with Crippen LogP contribution in [0.2, 0.25) is 0 Å². The fourth-order valence-electron chi connectivity index (χ4n) is 1.42. The summed E-state index contributed by atoms with van der Waals surface area (Å²) in [5.74, 6) is 1.18. The summed E-state index contributed by atoms with van der Waals surface area (Å²) in [6, 6.07) is 5.11. The van der Waals surface area contributed by atoms with E-state index in [2.05, 4.69) is 0 Å². The predicted molar refractivity (Wildman–Crippen MR) is 48.4 cm³/mol. The van der Waals surface area contributed by atoms with Crippen LogP contribution in [0.25, 0.3) is 0 Å². The maximum atomic E-state index is 11.8. The fourth-order valence-corrected chi connectivity index (χ4v) is 1.42. The highest BCUT2D eigenvalue weighted by Gasteiger charge is 2.21. The maximum Gasteiger partial charge on any atom is 0.129 e. The first-order chi connectivity index (χ1) is 6.81. The Bertz CT molecular complexity index is 327. The lowest BCUT2D eigenvalue weighted by Gasteiger charge is -2.05. The van der Waals surface area contributed by atoms with E-state index in [0.29, 0.717) is 11.5 Å². The molecule has 1 N–H and O–H groups in total. The van der Waals surface area contributed by atoms with E-state index in [9.17, 15) is 9.50 Å². The van der Waals surface area contributed by atoms with Gasteiger partial charge >= 0.3 is 0 Å². The third-order valence-electron chi connectivity index (χ3n) is 2.09. The molecule has 0 amide bonds. The molecule has 1 unspecified atom stereocenters. The first-order valence-electron chi connectivity index (χ1n) is 4.45. The Kier molecular flexibility index (Phi) is 2.54. The summed E-state index contributed by atoms with van der Waals surface area (Å²) >= 11 is 0. The predicted octanol–water partition coefficient (Wildman–Crippen LogP) is 1.46. The molecule has 14 heavy (non-hydrogen) atoms. The Hall–Kier alpha value is -1.29. The van der Waals surface area contributed by atoms with Crippen molar-refractivity contribution in [3.8, 4) is 11.5 Å². The highest BCUT2D eigenvalue weighted by Crippen LogP contribution is 2.34. The second-order valence-corrected chi connectivity index (χ2v) is 3.06. The molecule has 1 aromatic rings. The Morgan fingerprint density at radius 2 is 2.43 bits per heavy atom. The van der Waals surface area contributed by atoms with E-state index in [0.717, 1.165) is 5.56 Å². The van der Waals surface area contributed by atoms with Crippen molar-refractivity contribution in [2.45, 2.75) is 6.10 Å². The number of ether oxygens (including phenoxy) is 2. The molecule has 0 spiro atoms. The summed E-state index contributed by atoms with van der Waals surface area (Å²) in [4.78, 5) is 0. The lowest BCUT2D eigenvalue weighted by Crippen LogP contribution is -1.98. The molecule has 0 radical (unpaired) electrons. The Balaban J connectivity index is 2.15. The number of hydrogen-bond donors (Lipinski definition) is 1. The molecule has 0 aromatic heterocycles. The number of aliphatic hydroxyl groups is 1. The highest BCUT2D eigenvalue weighted by molar-refractivity contribution is 5.44. The number of aliphatic hydroxyl groups excluding tert-OH is 1. The van der Waals surface area contributed by atoms with Gasteiger partial charge in [0.1, 0.15) is 37.5 Å². The van der Waals surface area contributed by atoms with Crippen LogP contribution in [0.5, 0.6) is 11.5 Å². The van der Waals surface area contributed by atoms with Crippen LogP contribution in [0.4, 0.5) is 4.39 Å². The van der Waals surface area contributed by atoms with Crippen molar-refractivity contribution in [2.24, 2.45) is 0 Å². The standard InChI is InChI=1S/C10H11FO3/c11-3-4-13-7-1-2-8-9(12)6-14-10(8)5-7/h1-2,5,9,12H,3-4,6H2. The summed E-state index contributed by atoms with van der Waals surface area (Å²) in [6.45, 7) is -0.191. The zero-order valence-corrected chi connectivity index (χ0v) is 7.57. The molecule has 2 rings (SSSR count). The van der Waals surface area contributed by atoms with Crippen LogP contribution in [0, 0.1) is 0 Å². The molecular formula is C10H11FO3. The highest BCUT2D eigenvalue weighted by atomic mass is 19.1. The van der Waals surface area contributed by atoms with Gasteiger partial charge < -0.3 is 14.6 Å². The summed E-state index contributed by atoms with van der Waals surface area (Å²) in [7, 11) is 0. The van der Waals surface area contributed by atoms with Crippen LogP contribution in [0.1, 0.15) is 11.7 Å². The minimum atomic E-state index is -0.555. The topological polar surface area (TPSA) is 38.7 Å². The van der Waals surface area contributed by atoms with Crippen LogP contribution in [-0.4, -0.2) is 25.0 Å². The molecule has 4 heteroatoms. The van der Waals surface area contributed by atoms with Crippen molar-refractivity contribution in [2.75, 3.05) is 19.9 Å².